The highest BCUT2D eigenvalue weighted by atomic mass is 19.1. The van der Waals surface area contributed by atoms with Gasteiger partial charge in [0, 0.05) is 12.1 Å². The van der Waals surface area contributed by atoms with Crippen LogP contribution < -0.4 is 15.2 Å². The minimum absolute atomic E-state index is 0.0674. The molecular weight excluding hydrogens is 245 g/mol. The maximum Gasteiger partial charge on any atom is 0.169 e. The molecule has 0 aliphatic carbocycles. The van der Waals surface area contributed by atoms with E-state index < -0.39 is 0 Å². The van der Waals surface area contributed by atoms with E-state index in [2.05, 4.69) is 0 Å². The lowest BCUT2D eigenvalue weighted by molar-refractivity contribution is 0.284. The number of benzene rings is 2. The maximum atomic E-state index is 13.1. The van der Waals surface area contributed by atoms with Gasteiger partial charge < -0.3 is 15.2 Å². The van der Waals surface area contributed by atoms with Crippen LogP contribution in [0.3, 0.4) is 0 Å². The van der Waals surface area contributed by atoms with Gasteiger partial charge in [0.15, 0.2) is 11.5 Å². The zero-order valence-electron chi connectivity index (χ0n) is 10.7. The molecule has 0 aliphatic rings. The lowest BCUT2D eigenvalue weighted by Crippen LogP contribution is -2.23. The smallest absolute Gasteiger partial charge is 0.169 e. The van der Waals surface area contributed by atoms with Gasteiger partial charge in [-0.2, -0.15) is 0 Å². The van der Waals surface area contributed by atoms with E-state index in [9.17, 15) is 4.39 Å². The highest BCUT2D eigenvalue weighted by molar-refractivity contribution is 5.42. The van der Waals surface area contributed by atoms with E-state index in [4.69, 9.17) is 15.2 Å². The second-order valence-corrected chi connectivity index (χ2v) is 4.29. The summed E-state index contributed by atoms with van der Waals surface area (Å²) < 4.78 is 24.3. The first-order chi connectivity index (χ1) is 9.15. The number of hydrogen-bond donors (Lipinski definition) is 1. The van der Waals surface area contributed by atoms with Gasteiger partial charge in [-0.15, -0.1) is 0 Å². The van der Waals surface area contributed by atoms with Crippen LogP contribution in [0.5, 0.6) is 17.2 Å². The Bertz CT molecular complexity index is 543. The minimum Gasteiger partial charge on any atom is -0.488 e. The van der Waals surface area contributed by atoms with E-state index in [0.29, 0.717) is 23.9 Å². The number of hydrogen-bond acceptors (Lipinski definition) is 3. The maximum absolute atomic E-state index is 13.1. The normalized spacial score (nSPS) is 11.9. The summed E-state index contributed by atoms with van der Waals surface area (Å²) in [7, 11) is 0. The molecule has 0 aromatic heterocycles. The van der Waals surface area contributed by atoms with Crippen LogP contribution in [0.4, 0.5) is 4.39 Å². The summed E-state index contributed by atoms with van der Waals surface area (Å²) in [5, 5.41) is 0. The number of rotatable bonds is 5. The monoisotopic (exact) mass is 261 g/mol. The predicted octanol–water partition coefficient (Wildman–Crippen LogP) is 3.34. The third kappa shape index (κ3) is 3.96. The molecular formula is C15H16FNO2. The van der Waals surface area contributed by atoms with Crippen LogP contribution in [0, 0.1) is 5.82 Å². The molecule has 0 unspecified atom stereocenters. The highest BCUT2D eigenvalue weighted by Crippen LogP contribution is 2.31. The summed E-state index contributed by atoms with van der Waals surface area (Å²) in [5.41, 5.74) is 5.65. The van der Waals surface area contributed by atoms with Crippen molar-refractivity contribution in [1.82, 2.24) is 0 Å². The molecule has 19 heavy (non-hydrogen) atoms. The van der Waals surface area contributed by atoms with E-state index in [0.717, 1.165) is 0 Å². The Hall–Kier alpha value is -2.07. The Morgan fingerprint density at radius 2 is 1.84 bits per heavy atom. The molecule has 1 atom stereocenters. The van der Waals surface area contributed by atoms with Crippen molar-refractivity contribution in [3.05, 3.63) is 54.3 Å². The lowest BCUT2D eigenvalue weighted by atomic mass is 10.3. The van der Waals surface area contributed by atoms with Crippen molar-refractivity contribution in [3.63, 3.8) is 0 Å². The third-order valence-corrected chi connectivity index (χ3v) is 2.37. The van der Waals surface area contributed by atoms with Crippen molar-refractivity contribution in [3.8, 4) is 17.2 Å². The van der Waals surface area contributed by atoms with E-state index >= 15 is 0 Å². The highest BCUT2D eigenvalue weighted by Gasteiger charge is 2.07. The molecule has 4 heteroatoms. The molecule has 0 heterocycles. The molecule has 2 N–H and O–H groups in total. The molecule has 2 aromatic rings. The van der Waals surface area contributed by atoms with E-state index in [1.807, 2.05) is 19.1 Å². The van der Waals surface area contributed by atoms with E-state index in [1.54, 1.807) is 24.3 Å². The van der Waals surface area contributed by atoms with Crippen LogP contribution >= 0.6 is 0 Å². The summed E-state index contributed by atoms with van der Waals surface area (Å²) in [6.45, 7) is 2.25. The van der Waals surface area contributed by atoms with Crippen molar-refractivity contribution >= 4 is 0 Å². The Labute approximate surface area is 111 Å². The summed E-state index contributed by atoms with van der Waals surface area (Å²) in [6, 6.07) is 13.1. The second-order valence-electron chi connectivity index (χ2n) is 4.29. The van der Waals surface area contributed by atoms with Gasteiger partial charge in [0.25, 0.3) is 0 Å². The first kappa shape index (κ1) is 13.4. The quantitative estimate of drug-likeness (QED) is 0.897. The van der Waals surface area contributed by atoms with Gasteiger partial charge in [-0.1, -0.05) is 18.2 Å². The number of nitrogens with two attached hydrogens (primary N) is 1. The van der Waals surface area contributed by atoms with E-state index in [1.165, 1.54) is 12.1 Å². The fraction of sp³-hybridized carbons (Fsp3) is 0.200. The fourth-order valence-electron chi connectivity index (χ4n) is 1.53. The molecule has 0 amide bonds. The fourth-order valence-corrected chi connectivity index (χ4v) is 1.53. The molecule has 0 aliphatic heterocycles. The van der Waals surface area contributed by atoms with Crippen LogP contribution in [0.1, 0.15) is 6.92 Å². The van der Waals surface area contributed by atoms with Gasteiger partial charge in [0.05, 0.1) is 0 Å². The molecule has 3 nitrogen and oxygen atoms in total. The van der Waals surface area contributed by atoms with Crippen molar-refractivity contribution in [2.45, 2.75) is 13.0 Å². The second kappa shape index (κ2) is 6.20. The summed E-state index contributed by atoms with van der Waals surface area (Å²) >= 11 is 0. The van der Waals surface area contributed by atoms with Crippen LogP contribution in [0.25, 0.3) is 0 Å². The van der Waals surface area contributed by atoms with E-state index in [-0.39, 0.29) is 11.9 Å². The van der Waals surface area contributed by atoms with Gasteiger partial charge in [-0.05, 0) is 31.2 Å². The number of para-hydroxylation sites is 2. The van der Waals surface area contributed by atoms with Crippen molar-refractivity contribution in [2.75, 3.05) is 6.61 Å². The molecule has 2 rings (SSSR count). The predicted molar refractivity (Wildman–Crippen MR) is 72.1 cm³/mol. The third-order valence-electron chi connectivity index (χ3n) is 2.37. The first-order valence-corrected chi connectivity index (χ1v) is 6.06. The number of ether oxygens (including phenoxy) is 2. The molecule has 0 saturated carbocycles. The largest absolute Gasteiger partial charge is 0.488 e. The number of halogens is 1. The summed E-state index contributed by atoms with van der Waals surface area (Å²) in [5.74, 6) is 1.21. The van der Waals surface area contributed by atoms with Crippen molar-refractivity contribution < 1.29 is 13.9 Å². The summed E-state index contributed by atoms with van der Waals surface area (Å²) in [4.78, 5) is 0. The van der Waals surface area contributed by atoms with Crippen LogP contribution in [-0.2, 0) is 0 Å². The zero-order valence-corrected chi connectivity index (χ0v) is 10.7. The molecule has 0 saturated heterocycles. The van der Waals surface area contributed by atoms with Gasteiger partial charge >= 0.3 is 0 Å². The van der Waals surface area contributed by atoms with Crippen LogP contribution in [-0.4, -0.2) is 12.6 Å². The Morgan fingerprint density at radius 3 is 2.53 bits per heavy atom. The van der Waals surface area contributed by atoms with Crippen molar-refractivity contribution in [1.29, 1.82) is 0 Å². The van der Waals surface area contributed by atoms with Crippen molar-refractivity contribution in [2.24, 2.45) is 5.73 Å². The molecule has 0 bridgehead atoms. The first-order valence-electron chi connectivity index (χ1n) is 6.06. The molecule has 0 fully saturated rings. The average molecular weight is 261 g/mol. The van der Waals surface area contributed by atoms with Gasteiger partial charge in [0.1, 0.15) is 18.2 Å². The Balaban J connectivity index is 2.15. The molecule has 0 radical (unpaired) electrons. The minimum atomic E-state index is -0.341. The lowest BCUT2D eigenvalue weighted by Gasteiger charge is -2.13. The Morgan fingerprint density at radius 1 is 1.11 bits per heavy atom. The van der Waals surface area contributed by atoms with Gasteiger partial charge in [-0.3, -0.25) is 0 Å². The van der Waals surface area contributed by atoms with Gasteiger partial charge in [0.2, 0.25) is 0 Å². The van der Waals surface area contributed by atoms with Crippen LogP contribution in [0.2, 0.25) is 0 Å². The SMILES string of the molecule is C[C@@H](N)COc1ccccc1Oc1cccc(F)c1. The zero-order chi connectivity index (χ0) is 13.7. The summed E-state index contributed by atoms with van der Waals surface area (Å²) in [6.07, 6.45) is 0. The molecule has 0 spiro atoms. The standard InChI is InChI=1S/C15H16FNO2/c1-11(17)10-18-14-7-2-3-8-15(14)19-13-6-4-5-12(16)9-13/h2-9,11H,10,17H2,1H3/t11-/m1/s1. The molecule has 100 valence electrons. The topological polar surface area (TPSA) is 44.5 Å². The van der Waals surface area contributed by atoms with Gasteiger partial charge in [-0.25, -0.2) is 4.39 Å². The molecule has 2 aromatic carbocycles. The average Bonchev–Trinajstić information content (AvgIpc) is 2.38. The Kier molecular flexibility index (Phi) is 4.36. The van der Waals surface area contributed by atoms with Crippen LogP contribution in [0.15, 0.2) is 48.5 Å².